The van der Waals surface area contributed by atoms with Gasteiger partial charge in [0.2, 0.25) is 0 Å². The lowest BCUT2D eigenvalue weighted by atomic mass is 10.2. The molecule has 1 rings (SSSR count). The van der Waals surface area contributed by atoms with Crippen molar-refractivity contribution in [2.24, 2.45) is 10.9 Å². The Hall–Kier alpha value is -0.710. The molecule has 0 aliphatic heterocycles. The first kappa shape index (κ1) is 8.39. The van der Waals surface area contributed by atoms with Gasteiger partial charge in [-0.3, -0.25) is 5.14 Å². The zero-order valence-electron chi connectivity index (χ0n) is 6.08. The summed E-state index contributed by atoms with van der Waals surface area (Å²) in [4.78, 5) is 0. The van der Waals surface area contributed by atoms with Crippen LogP contribution in [0.1, 0.15) is 5.56 Å². The molecule has 0 aromatic heterocycles. The summed E-state index contributed by atoms with van der Waals surface area (Å²) in [5.74, 6) is 0. The van der Waals surface area contributed by atoms with Gasteiger partial charge in [0.15, 0.2) is 0 Å². The highest BCUT2D eigenvalue weighted by atomic mass is 32.2. The number of nitrogens with two attached hydrogens (primary N) is 2. The van der Waals surface area contributed by atoms with Crippen molar-refractivity contribution in [1.29, 1.82) is 0 Å². The lowest BCUT2D eigenvalue weighted by molar-refractivity contribution is 1.07. The first-order chi connectivity index (χ1) is 5.36. The minimum Gasteiger partial charge on any atom is -0.326 e. The number of hydrogen-bond acceptors (Lipinski definition) is 4. The Bertz CT molecular complexity index is 209. The van der Waals surface area contributed by atoms with Gasteiger partial charge in [0.25, 0.3) is 0 Å². The van der Waals surface area contributed by atoms with Crippen LogP contribution in [0.25, 0.3) is 0 Å². The van der Waals surface area contributed by atoms with E-state index in [4.69, 9.17) is 10.9 Å². The lowest BCUT2D eigenvalue weighted by Gasteiger charge is -2.01. The largest absolute Gasteiger partial charge is 0.326 e. The van der Waals surface area contributed by atoms with Crippen molar-refractivity contribution in [1.82, 2.24) is 0 Å². The predicted molar refractivity (Wildman–Crippen MR) is 49.7 cm³/mol. The van der Waals surface area contributed by atoms with E-state index in [2.05, 4.69) is 4.72 Å². The summed E-state index contributed by atoms with van der Waals surface area (Å²) in [6, 6.07) is 7.83. The molecule has 5 N–H and O–H groups in total. The van der Waals surface area contributed by atoms with Gasteiger partial charge < -0.3 is 10.5 Å². The zero-order valence-corrected chi connectivity index (χ0v) is 6.90. The van der Waals surface area contributed by atoms with Crippen LogP contribution in [0.4, 0.5) is 5.69 Å². The van der Waals surface area contributed by atoms with Crippen LogP contribution in [0, 0.1) is 0 Å². The maximum atomic E-state index is 5.42. The van der Waals surface area contributed by atoms with Gasteiger partial charge in [0.05, 0.1) is 0 Å². The molecular formula is C7H11N3S. The van der Waals surface area contributed by atoms with Crippen LogP contribution in [0.2, 0.25) is 0 Å². The molecule has 0 radical (unpaired) electrons. The normalized spacial score (nSPS) is 9.64. The Balaban J connectivity index is 2.66. The van der Waals surface area contributed by atoms with Crippen molar-refractivity contribution in [2.75, 3.05) is 4.72 Å². The molecule has 1 aromatic rings. The zero-order chi connectivity index (χ0) is 8.10. The molecule has 0 aliphatic rings. The van der Waals surface area contributed by atoms with Crippen molar-refractivity contribution < 1.29 is 0 Å². The molecule has 0 aliphatic carbocycles. The van der Waals surface area contributed by atoms with Crippen LogP contribution in [-0.2, 0) is 6.54 Å². The maximum Gasteiger partial charge on any atom is 0.0452 e. The molecule has 1 aromatic carbocycles. The van der Waals surface area contributed by atoms with Crippen molar-refractivity contribution in [3.63, 3.8) is 0 Å². The van der Waals surface area contributed by atoms with E-state index in [-0.39, 0.29) is 0 Å². The molecule has 11 heavy (non-hydrogen) atoms. The van der Waals surface area contributed by atoms with Crippen LogP contribution in [-0.4, -0.2) is 0 Å². The van der Waals surface area contributed by atoms with Gasteiger partial charge in [-0.15, -0.1) is 0 Å². The summed E-state index contributed by atoms with van der Waals surface area (Å²) in [5, 5.41) is 5.21. The van der Waals surface area contributed by atoms with E-state index >= 15 is 0 Å². The van der Waals surface area contributed by atoms with Crippen molar-refractivity contribution >= 4 is 17.8 Å². The third-order valence-corrected chi connectivity index (χ3v) is 1.72. The smallest absolute Gasteiger partial charge is 0.0452 e. The van der Waals surface area contributed by atoms with E-state index in [1.54, 1.807) is 0 Å². The van der Waals surface area contributed by atoms with E-state index in [0.717, 1.165) is 23.4 Å². The summed E-state index contributed by atoms with van der Waals surface area (Å²) in [6.45, 7) is 0.579. The molecular weight excluding hydrogens is 158 g/mol. The fourth-order valence-electron chi connectivity index (χ4n) is 0.777. The Morgan fingerprint density at radius 1 is 1.27 bits per heavy atom. The minimum atomic E-state index is 0.579. The van der Waals surface area contributed by atoms with Gasteiger partial charge in [-0.1, -0.05) is 12.1 Å². The van der Waals surface area contributed by atoms with Crippen molar-refractivity contribution in [3.05, 3.63) is 29.8 Å². The second kappa shape index (κ2) is 4.23. The first-order valence-corrected chi connectivity index (χ1v) is 4.15. The Morgan fingerprint density at radius 3 is 2.36 bits per heavy atom. The number of benzene rings is 1. The van der Waals surface area contributed by atoms with Crippen LogP contribution in [0.5, 0.6) is 0 Å². The van der Waals surface area contributed by atoms with E-state index in [1.165, 1.54) is 0 Å². The lowest BCUT2D eigenvalue weighted by Crippen LogP contribution is -1.96. The standard InChI is InChI=1S/C7H11N3S/c8-5-6-1-3-7(4-2-6)10-11-9/h1-4,10H,5,8-9H2. The van der Waals surface area contributed by atoms with Crippen LogP contribution in [0.15, 0.2) is 24.3 Å². The fraction of sp³-hybridized carbons (Fsp3) is 0.143. The molecule has 0 amide bonds. The number of hydrogen-bond donors (Lipinski definition) is 3. The Morgan fingerprint density at radius 2 is 1.91 bits per heavy atom. The summed E-state index contributed by atoms with van der Waals surface area (Å²) >= 11 is 1.09. The number of nitrogens with one attached hydrogen (secondary N) is 1. The van der Waals surface area contributed by atoms with Crippen molar-refractivity contribution in [3.8, 4) is 0 Å². The van der Waals surface area contributed by atoms with Gasteiger partial charge in [-0.05, 0) is 17.7 Å². The highest BCUT2D eigenvalue weighted by molar-refractivity contribution is 7.98. The quantitative estimate of drug-likeness (QED) is 0.592. The third-order valence-electron chi connectivity index (χ3n) is 1.37. The molecule has 0 fully saturated rings. The van der Waals surface area contributed by atoms with Crippen LogP contribution >= 0.6 is 12.1 Å². The fourth-order valence-corrected chi connectivity index (χ4v) is 1.05. The molecule has 0 bridgehead atoms. The highest BCUT2D eigenvalue weighted by Gasteiger charge is 1.89. The predicted octanol–water partition coefficient (Wildman–Crippen LogP) is 1.08. The highest BCUT2D eigenvalue weighted by Crippen LogP contribution is 2.10. The Kier molecular flexibility index (Phi) is 3.22. The minimum absolute atomic E-state index is 0.579. The van der Waals surface area contributed by atoms with Gasteiger partial charge in [-0.2, -0.15) is 0 Å². The topological polar surface area (TPSA) is 64.1 Å². The molecule has 4 heteroatoms. The second-order valence-electron chi connectivity index (χ2n) is 2.12. The summed E-state index contributed by atoms with van der Waals surface area (Å²) < 4.78 is 2.91. The van der Waals surface area contributed by atoms with E-state index in [0.29, 0.717) is 6.54 Å². The SMILES string of the molecule is NCc1ccc(NSN)cc1. The third kappa shape index (κ3) is 2.42. The summed E-state index contributed by atoms with van der Waals surface area (Å²) in [7, 11) is 0. The first-order valence-electron chi connectivity index (χ1n) is 3.27. The molecule has 0 heterocycles. The average molecular weight is 169 g/mol. The monoisotopic (exact) mass is 169 g/mol. The van der Waals surface area contributed by atoms with Gasteiger partial charge in [0, 0.05) is 24.4 Å². The second-order valence-corrected chi connectivity index (χ2v) is 2.56. The molecule has 0 atom stereocenters. The van der Waals surface area contributed by atoms with Crippen molar-refractivity contribution in [2.45, 2.75) is 6.54 Å². The van der Waals surface area contributed by atoms with E-state index in [9.17, 15) is 0 Å². The number of anilines is 1. The van der Waals surface area contributed by atoms with Gasteiger partial charge in [0.1, 0.15) is 0 Å². The van der Waals surface area contributed by atoms with Gasteiger partial charge in [-0.25, -0.2) is 0 Å². The molecule has 0 spiro atoms. The summed E-state index contributed by atoms with van der Waals surface area (Å²) in [6.07, 6.45) is 0. The van der Waals surface area contributed by atoms with Crippen LogP contribution in [0.3, 0.4) is 0 Å². The van der Waals surface area contributed by atoms with Crippen LogP contribution < -0.4 is 15.6 Å². The van der Waals surface area contributed by atoms with E-state index in [1.807, 2.05) is 24.3 Å². The Labute approximate surface area is 70.4 Å². The molecule has 0 saturated carbocycles. The molecule has 3 nitrogen and oxygen atoms in total. The molecule has 60 valence electrons. The average Bonchev–Trinajstić information content (AvgIpc) is 2.07. The van der Waals surface area contributed by atoms with E-state index < -0.39 is 0 Å². The molecule has 0 unspecified atom stereocenters. The molecule has 0 saturated heterocycles. The summed E-state index contributed by atoms with van der Waals surface area (Å²) in [5.41, 5.74) is 7.54. The maximum absolute atomic E-state index is 5.42. The van der Waals surface area contributed by atoms with Gasteiger partial charge >= 0.3 is 0 Å². The number of rotatable bonds is 3.